The zero-order chi connectivity index (χ0) is 10.2. The van der Waals surface area contributed by atoms with Crippen LogP contribution in [-0.4, -0.2) is 0 Å². The summed E-state index contributed by atoms with van der Waals surface area (Å²) in [6, 6.07) is 1.24. The van der Waals surface area contributed by atoms with Gasteiger partial charge in [-0.2, -0.15) is 5.26 Å². The Morgan fingerprint density at radius 3 is 1.92 bits per heavy atom. The number of rotatable bonds is 0. The Morgan fingerprint density at radius 2 is 1.46 bits per heavy atom. The average Bonchev–Trinajstić information content (AvgIpc) is 2.13. The summed E-state index contributed by atoms with van der Waals surface area (Å²) in [6.45, 7) is 0. The number of halogens is 3. The maximum Gasteiger partial charge on any atom is 0.186 e. The Hall–Kier alpha value is -1.90. The standard InChI is InChI=1S/C7H4F3N3/c8-3-2(1-11)6(12)5(10)7(13)4(3)9/h12-13H2. The molecule has 3 nitrogen and oxygen atoms in total. The fourth-order valence-corrected chi connectivity index (χ4v) is 0.807. The molecule has 0 saturated heterocycles. The molecule has 0 radical (unpaired) electrons. The zero-order valence-electron chi connectivity index (χ0n) is 6.24. The van der Waals surface area contributed by atoms with Gasteiger partial charge in [0.15, 0.2) is 17.5 Å². The first-order valence-corrected chi connectivity index (χ1v) is 3.12. The number of benzene rings is 1. The molecule has 13 heavy (non-hydrogen) atoms. The van der Waals surface area contributed by atoms with E-state index in [0.717, 1.165) is 0 Å². The summed E-state index contributed by atoms with van der Waals surface area (Å²) in [7, 11) is 0. The van der Waals surface area contributed by atoms with Crippen molar-refractivity contribution >= 4 is 11.4 Å². The van der Waals surface area contributed by atoms with Gasteiger partial charge in [-0.1, -0.05) is 0 Å². The molecule has 0 aliphatic rings. The van der Waals surface area contributed by atoms with Crippen LogP contribution < -0.4 is 11.5 Å². The van der Waals surface area contributed by atoms with Crippen molar-refractivity contribution in [2.24, 2.45) is 0 Å². The molecule has 0 heterocycles. The molecule has 0 spiro atoms. The fourth-order valence-electron chi connectivity index (χ4n) is 0.807. The van der Waals surface area contributed by atoms with E-state index in [9.17, 15) is 13.2 Å². The second-order valence-electron chi connectivity index (χ2n) is 2.26. The third-order valence-electron chi connectivity index (χ3n) is 1.50. The number of nitrogen functional groups attached to an aromatic ring is 2. The van der Waals surface area contributed by atoms with E-state index in [2.05, 4.69) is 0 Å². The molecule has 6 heteroatoms. The third-order valence-corrected chi connectivity index (χ3v) is 1.50. The number of nitrogens with two attached hydrogens (primary N) is 2. The van der Waals surface area contributed by atoms with Crippen LogP contribution in [-0.2, 0) is 0 Å². The van der Waals surface area contributed by atoms with E-state index in [4.69, 9.17) is 16.7 Å². The first-order valence-electron chi connectivity index (χ1n) is 3.12. The van der Waals surface area contributed by atoms with E-state index in [1.807, 2.05) is 0 Å². The van der Waals surface area contributed by atoms with E-state index >= 15 is 0 Å². The van der Waals surface area contributed by atoms with Gasteiger partial charge in [-0.05, 0) is 0 Å². The molecule has 1 rings (SSSR count). The highest BCUT2D eigenvalue weighted by molar-refractivity contribution is 5.64. The van der Waals surface area contributed by atoms with Crippen LogP contribution in [0.25, 0.3) is 0 Å². The molecule has 4 N–H and O–H groups in total. The van der Waals surface area contributed by atoms with Crippen LogP contribution in [0.4, 0.5) is 24.5 Å². The monoisotopic (exact) mass is 187 g/mol. The molecule has 0 aliphatic heterocycles. The summed E-state index contributed by atoms with van der Waals surface area (Å²) in [4.78, 5) is 0. The minimum absolute atomic E-state index is 0.779. The number of nitriles is 1. The lowest BCUT2D eigenvalue weighted by Gasteiger charge is -2.05. The van der Waals surface area contributed by atoms with Gasteiger partial charge < -0.3 is 11.5 Å². The second-order valence-corrected chi connectivity index (χ2v) is 2.26. The van der Waals surface area contributed by atoms with Crippen LogP contribution in [0.1, 0.15) is 5.56 Å². The van der Waals surface area contributed by atoms with Crippen molar-refractivity contribution < 1.29 is 13.2 Å². The predicted octanol–water partition coefficient (Wildman–Crippen LogP) is 1.14. The van der Waals surface area contributed by atoms with Gasteiger partial charge >= 0.3 is 0 Å². The summed E-state index contributed by atoms with van der Waals surface area (Å²) in [5, 5.41) is 8.29. The number of hydrogen-bond acceptors (Lipinski definition) is 3. The molecular formula is C7H4F3N3. The summed E-state index contributed by atoms with van der Waals surface area (Å²) in [5.74, 6) is -4.43. The van der Waals surface area contributed by atoms with Crippen molar-refractivity contribution in [2.45, 2.75) is 0 Å². The highest BCUT2D eigenvalue weighted by atomic mass is 19.2. The first kappa shape index (κ1) is 9.19. The van der Waals surface area contributed by atoms with Crippen LogP contribution in [0.2, 0.25) is 0 Å². The fraction of sp³-hybridized carbons (Fsp3) is 0. The average molecular weight is 187 g/mol. The van der Waals surface area contributed by atoms with Crippen molar-refractivity contribution in [3.63, 3.8) is 0 Å². The molecule has 0 bridgehead atoms. The van der Waals surface area contributed by atoms with Crippen molar-refractivity contribution in [1.82, 2.24) is 0 Å². The van der Waals surface area contributed by atoms with Crippen LogP contribution in [0.15, 0.2) is 0 Å². The van der Waals surface area contributed by atoms with Crippen LogP contribution in [0.3, 0.4) is 0 Å². The summed E-state index contributed by atoms with van der Waals surface area (Å²) in [5.41, 5.74) is 7.14. The molecular weight excluding hydrogens is 183 g/mol. The largest absolute Gasteiger partial charge is 0.395 e. The van der Waals surface area contributed by atoms with Gasteiger partial charge in [0.1, 0.15) is 17.3 Å². The topological polar surface area (TPSA) is 75.8 Å². The summed E-state index contributed by atoms with van der Waals surface area (Å²) < 4.78 is 38.3. The maximum atomic E-state index is 12.8. The minimum Gasteiger partial charge on any atom is -0.395 e. The van der Waals surface area contributed by atoms with Crippen molar-refractivity contribution in [2.75, 3.05) is 11.5 Å². The van der Waals surface area contributed by atoms with Crippen LogP contribution in [0.5, 0.6) is 0 Å². The molecule has 68 valence electrons. The molecule has 0 fully saturated rings. The van der Waals surface area contributed by atoms with Gasteiger partial charge in [0.2, 0.25) is 0 Å². The number of anilines is 2. The highest BCUT2D eigenvalue weighted by Gasteiger charge is 2.21. The van der Waals surface area contributed by atoms with E-state index < -0.39 is 34.4 Å². The number of nitrogens with zero attached hydrogens (tertiary/aromatic N) is 1. The zero-order valence-corrected chi connectivity index (χ0v) is 6.24. The van der Waals surface area contributed by atoms with Gasteiger partial charge in [-0.15, -0.1) is 0 Å². The van der Waals surface area contributed by atoms with Crippen molar-refractivity contribution in [1.29, 1.82) is 5.26 Å². The second kappa shape index (κ2) is 2.86. The van der Waals surface area contributed by atoms with Gasteiger partial charge in [0.05, 0.1) is 5.69 Å². The van der Waals surface area contributed by atoms with Crippen molar-refractivity contribution in [3.05, 3.63) is 23.0 Å². The Balaban J connectivity index is 3.69. The Labute approximate surface area is 71.4 Å². The number of hydrogen-bond donors (Lipinski definition) is 2. The summed E-state index contributed by atoms with van der Waals surface area (Å²) in [6.07, 6.45) is 0. The van der Waals surface area contributed by atoms with E-state index in [-0.39, 0.29) is 0 Å². The predicted molar refractivity (Wildman–Crippen MR) is 39.9 cm³/mol. The lowest BCUT2D eigenvalue weighted by atomic mass is 10.1. The van der Waals surface area contributed by atoms with Crippen LogP contribution >= 0.6 is 0 Å². The molecule has 0 amide bonds. The third kappa shape index (κ3) is 1.14. The maximum absolute atomic E-state index is 12.8. The minimum atomic E-state index is -1.59. The van der Waals surface area contributed by atoms with Crippen molar-refractivity contribution in [3.8, 4) is 6.07 Å². The lowest BCUT2D eigenvalue weighted by molar-refractivity contribution is 0.499. The molecule has 1 aromatic rings. The molecule has 0 saturated carbocycles. The smallest absolute Gasteiger partial charge is 0.186 e. The molecule has 0 aromatic heterocycles. The quantitative estimate of drug-likeness (QED) is 0.472. The van der Waals surface area contributed by atoms with Gasteiger partial charge in [0, 0.05) is 0 Å². The van der Waals surface area contributed by atoms with E-state index in [0.29, 0.717) is 0 Å². The van der Waals surface area contributed by atoms with Gasteiger partial charge in [-0.3, -0.25) is 0 Å². The van der Waals surface area contributed by atoms with E-state index in [1.165, 1.54) is 6.07 Å². The van der Waals surface area contributed by atoms with Gasteiger partial charge in [-0.25, -0.2) is 13.2 Å². The molecule has 0 aliphatic carbocycles. The summed E-state index contributed by atoms with van der Waals surface area (Å²) >= 11 is 0. The molecule has 1 aromatic carbocycles. The molecule has 0 atom stereocenters. The first-order chi connectivity index (χ1) is 6.00. The van der Waals surface area contributed by atoms with E-state index in [1.54, 1.807) is 0 Å². The Kier molecular flexibility index (Phi) is 2.02. The Bertz CT molecular complexity index is 379. The van der Waals surface area contributed by atoms with Crippen LogP contribution in [0, 0.1) is 28.8 Å². The lowest BCUT2D eigenvalue weighted by Crippen LogP contribution is -2.07. The van der Waals surface area contributed by atoms with Gasteiger partial charge in [0.25, 0.3) is 0 Å². The SMILES string of the molecule is N#Cc1c(N)c(F)c(N)c(F)c1F. The highest BCUT2D eigenvalue weighted by Crippen LogP contribution is 2.27. The molecule has 0 unspecified atom stereocenters. The Morgan fingerprint density at radius 1 is 0.923 bits per heavy atom. The normalized spacial score (nSPS) is 9.69.